The zero-order valence-electron chi connectivity index (χ0n) is 12.3. The predicted octanol–water partition coefficient (Wildman–Crippen LogP) is 1.43. The van der Waals surface area contributed by atoms with Crippen LogP contribution in [0.25, 0.3) is 0 Å². The molecule has 0 radical (unpaired) electrons. The number of hydrogen-bond acceptors (Lipinski definition) is 5. The minimum absolute atomic E-state index is 0.223. The number of nitrogens with zero attached hydrogens (tertiary/aromatic N) is 1. The van der Waals surface area contributed by atoms with Crippen molar-refractivity contribution < 1.29 is 23.8 Å². The van der Waals surface area contributed by atoms with Crippen LogP contribution in [-0.2, 0) is 19.1 Å². The molecule has 0 spiro atoms. The van der Waals surface area contributed by atoms with Gasteiger partial charge in [0.25, 0.3) is 5.91 Å². The molecular formula is C15H18ClNO5. The maximum absolute atomic E-state index is 11.8. The van der Waals surface area contributed by atoms with Gasteiger partial charge in [0.05, 0.1) is 13.2 Å². The molecule has 0 aromatic heterocycles. The molecule has 0 atom stereocenters. The Morgan fingerprint density at radius 2 is 2.00 bits per heavy atom. The molecule has 1 heterocycles. The Bertz CT molecular complexity index is 543. The van der Waals surface area contributed by atoms with Crippen molar-refractivity contribution in [2.75, 3.05) is 39.5 Å². The van der Waals surface area contributed by atoms with Gasteiger partial charge in [-0.2, -0.15) is 0 Å². The average molecular weight is 328 g/mol. The Labute approximate surface area is 133 Å². The lowest BCUT2D eigenvalue weighted by Gasteiger charge is -2.26. The SMILES string of the molecule is Cc1cc(Cl)ccc1OCC(=O)OCC(=O)N1CCOCC1. The highest BCUT2D eigenvalue weighted by Crippen LogP contribution is 2.21. The monoisotopic (exact) mass is 327 g/mol. The minimum Gasteiger partial charge on any atom is -0.482 e. The molecule has 0 bridgehead atoms. The minimum atomic E-state index is -0.587. The Kier molecular flexibility index (Phi) is 6.03. The Hall–Kier alpha value is -1.79. The van der Waals surface area contributed by atoms with Gasteiger partial charge in [0.1, 0.15) is 5.75 Å². The van der Waals surface area contributed by atoms with Crippen molar-refractivity contribution in [3.05, 3.63) is 28.8 Å². The largest absolute Gasteiger partial charge is 0.482 e. The van der Waals surface area contributed by atoms with Crippen LogP contribution in [0.1, 0.15) is 5.56 Å². The predicted molar refractivity (Wildman–Crippen MR) is 80.0 cm³/mol. The zero-order valence-corrected chi connectivity index (χ0v) is 13.1. The summed E-state index contributed by atoms with van der Waals surface area (Å²) in [5.74, 6) is -0.254. The Morgan fingerprint density at radius 3 is 2.68 bits per heavy atom. The maximum Gasteiger partial charge on any atom is 0.344 e. The van der Waals surface area contributed by atoms with Crippen LogP contribution in [0.2, 0.25) is 5.02 Å². The van der Waals surface area contributed by atoms with Crippen LogP contribution >= 0.6 is 11.6 Å². The van der Waals surface area contributed by atoms with E-state index in [1.54, 1.807) is 23.1 Å². The molecular weight excluding hydrogens is 310 g/mol. The molecule has 1 fully saturated rings. The van der Waals surface area contributed by atoms with E-state index in [1.807, 2.05) is 6.92 Å². The lowest BCUT2D eigenvalue weighted by atomic mass is 10.2. The molecule has 0 unspecified atom stereocenters. The van der Waals surface area contributed by atoms with Crippen LogP contribution in [0.15, 0.2) is 18.2 Å². The second-order valence-electron chi connectivity index (χ2n) is 4.85. The number of rotatable bonds is 5. The third kappa shape index (κ3) is 4.89. The van der Waals surface area contributed by atoms with Gasteiger partial charge in [-0.15, -0.1) is 0 Å². The lowest BCUT2D eigenvalue weighted by Crippen LogP contribution is -2.42. The van der Waals surface area contributed by atoms with E-state index in [2.05, 4.69) is 0 Å². The lowest BCUT2D eigenvalue weighted by molar-refractivity contribution is -0.155. The quantitative estimate of drug-likeness (QED) is 0.765. The summed E-state index contributed by atoms with van der Waals surface area (Å²) in [6.45, 7) is 3.38. The molecule has 1 aromatic carbocycles. The van der Waals surface area contributed by atoms with Crippen LogP contribution in [0.5, 0.6) is 5.75 Å². The molecule has 1 aromatic rings. The van der Waals surface area contributed by atoms with Crippen LogP contribution in [-0.4, -0.2) is 56.3 Å². The first kappa shape index (κ1) is 16.6. The normalized spacial score (nSPS) is 14.5. The van der Waals surface area contributed by atoms with Gasteiger partial charge < -0.3 is 19.1 Å². The fourth-order valence-corrected chi connectivity index (χ4v) is 2.23. The highest BCUT2D eigenvalue weighted by molar-refractivity contribution is 6.30. The van der Waals surface area contributed by atoms with E-state index < -0.39 is 5.97 Å². The van der Waals surface area contributed by atoms with E-state index in [4.69, 9.17) is 25.8 Å². The van der Waals surface area contributed by atoms with E-state index >= 15 is 0 Å². The first-order valence-electron chi connectivity index (χ1n) is 6.96. The van der Waals surface area contributed by atoms with Gasteiger partial charge in [-0.25, -0.2) is 4.79 Å². The summed E-state index contributed by atoms with van der Waals surface area (Å²) >= 11 is 5.84. The summed E-state index contributed by atoms with van der Waals surface area (Å²) in [5, 5.41) is 0.600. The number of halogens is 1. The van der Waals surface area contributed by atoms with Crippen LogP contribution in [0, 0.1) is 6.92 Å². The van der Waals surface area contributed by atoms with Gasteiger partial charge in [-0.3, -0.25) is 4.79 Å². The van der Waals surface area contributed by atoms with Crippen LogP contribution in [0.4, 0.5) is 0 Å². The van der Waals surface area contributed by atoms with E-state index in [1.165, 1.54) is 0 Å². The van der Waals surface area contributed by atoms with Gasteiger partial charge in [0.15, 0.2) is 13.2 Å². The molecule has 7 heteroatoms. The second kappa shape index (κ2) is 8.00. The maximum atomic E-state index is 11.8. The van der Waals surface area contributed by atoms with Gasteiger partial charge in [-0.1, -0.05) is 11.6 Å². The van der Waals surface area contributed by atoms with E-state index in [-0.39, 0.29) is 19.1 Å². The first-order chi connectivity index (χ1) is 10.6. The molecule has 1 saturated heterocycles. The summed E-state index contributed by atoms with van der Waals surface area (Å²) < 4.78 is 15.4. The van der Waals surface area contributed by atoms with Crippen molar-refractivity contribution in [2.24, 2.45) is 0 Å². The van der Waals surface area contributed by atoms with Crippen molar-refractivity contribution in [3.63, 3.8) is 0 Å². The molecule has 1 aliphatic heterocycles. The van der Waals surface area contributed by atoms with E-state index in [0.29, 0.717) is 37.1 Å². The van der Waals surface area contributed by atoms with Crippen LogP contribution < -0.4 is 4.74 Å². The Morgan fingerprint density at radius 1 is 1.27 bits per heavy atom. The molecule has 0 aliphatic carbocycles. The zero-order chi connectivity index (χ0) is 15.9. The number of hydrogen-bond donors (Lipinski definition) is 0. The van der Waals surface area contributed by atoms with E-state index in [9.17, 15) is 9.59 Å². The second-order valence-corrected chi connectivity index (χ2v) is 5.29. The van der Waals surface area contributed by atoms with Crippen molar-refractivity contribution >= 4 is 23.5 Å². The summed E-state index contributed by atoms with van der Waals surface area (Å²) in [6, 6.07) is 5.10. The first-order valence-corrected chi connectivity index (χ1v) is 7.34. The number of carbonyl (C=O) groups is 2. The number of morpholine rings is 1. The summed E-state index contributed by atoms with van der Waals surface area (Å²) in [4.78, 5) is 25.0. The van der Waals surface area contributed by atoms with Gasteiger partial charge in [-0.05, 0) is 30.7 Å². The topological polar surface area (TPSA) is 65.1 Å². The third-order valence-corrected chi connectivity index (χ3v) is 3.44. The molecule has 2 rings (SSSR count). The fourth-order valence-electron chi connectivity index (χ4n) is 2.00. The fraction of sp³-hybridized carbons (Fsp3) is 0.467. The van der Waals surface area contributed by atoms with Crippen molar-refractivity contribution in [1.29, 1.82) is 0 Å². The van der Waals surface area contributed by atoms with E-state index in [0.717, 1.165) is 5.56 Å². The number of benzene rings is 1. The third-order valence-electron chi connectivity index (χ3n) is 3.20. The number of esters is 1. The molecule has 120 valence electrons. The van der Waals surface area contributed by atoms with Crippen molar-refractivity contribution in [1.82, 2.24) is 4.90 Å². The number of amides is 1. The molecule has 1 aliphatic rings. The summed E-state index contributed by atoms with van der Waals surface area (Å²) in [5.41, 5.74) is 0.824. The highest BCUT2D eigenvalue weighted by atomic mass is 35.5. The molecule has 0 N–H and O–H groups in total. The molecule has 0 saturated carbocycles. The number of ether oxygens (including phenoxy) is 3. The van der Waals surface area contributed by atoms with Gasteiger partial charge >= 0.3 is 5.97 Å². The standard InChI is InChI=1S/C15H18ClNO5/c1-11-8-12(16)2-3-13(11)21-10-15(19)22-9-14(18)17-4-6-20-7-5-17/h2-3,8H,4-7,9-10H2,1H3. The summed E-state index contributed by atoms with van der Waals surface area (Å²) in [6.07, 6.45) is 0. The van der Waals surface area contributed by atoms with Crippen molar-refractivity contribution in [2.45, 2.75) is 6.92 Å². The number of aryl methyl sites for hydroxylation is 1. The Balaban J connectivity index is 1.72. The molecule has 1 amide bonds. The highest BCUT2D eigenvalue weighted by Gasteiger charge is 2.18. The van der Waals surface area contributed by atoms with Crippen molar-refractivity contribution in [3.8, 4) is 5.75 Å². The molecule has 6 nitrogen and oxygen atoms in total. The van der Waals surface area contributed by atoms with Gasteiger partial charge in [0.2, 0.25) is 0 Å². The van der Waals surface area contributed by atoms with Gasteiger partial charge in [0, 0.05) is 18.1 Å². The van der Waals surface area contributed by atoms with Crippen LogP contribution in [0.3, 0.4) is 0 Å². The average Bonchev–Trinajstić information content (AvgIpc) is 2.52. The molecule has 22 heavy (non-hydrogen) atoms. The number of carbonyl (C=O) groups excluding carboxylic acids is 2. The smallest absolute Gasteiger partial charge is 0.344 e. The summed E-state index contributed by atoms with van der Waals surface area (Å²) in [7, 11) is 0.